The molecule has 1 fully saturated rings. The van der Waals surface area contributed by atoms with Crippen molar-refractivity contribution in [3.05, 3.63) is 149 Å². The summed E-state index contributed by atoms with van der Waals surface area (Å²) in [7, 11) is 0. The third-order valence-corrected chi connectivity index (χ3v) is 8.04. The van der Waals surface area contributed by atoms with Gasteiger partial charge < -0.3 is 14.8 Å². The van der Waals surface area contributed by atoms with E-state index in [1.54, 1.807) is 6.08 Å². The first-order valence-corrected chi connectivity index (χ1v) is 14.1. The summed E-state index contributed by atoms with van der Waals surface area (Å²) in [5, 5.41) is 2.92. The number of cyclic esters (lactones) is 1. The van der Waals surface area contributed by atoms with Crippen molar-refractivity contribution >= 4 is 6.09 Å². The van der Waals surface area contributed by atoms with E-state index in [0.717, 1.165) is 34.1 Å². The average Bonchev–Trinajstić information content (AvgIpc) is 3.35. The summed E-state index contributed by atoms with van der Waals surface area (Å²) >= 11 is 0. The van der Waals surface area contributed by atoms with Crippen molar-refractivity contribution in [1.82, 2.24) is 10.2 Å². The molecule has 0 radical (unpaired) electrons. The molecule has 1 N–H and O–H groups in total. The van der Waals surface area contributed by atoms with Crippen LogP contribution in [0.3, 0.4) is 0 Å². The van der Waals surface area contributed by atoms with E-state index >= 15 is 0 Å². The lowest BCUT2D eigenvalue weighted by atomic mass is 9.83. The second kappa shape index (κ2) is 12.2. The number of hydrogen-bond donors (Lipinski definition) is 1. The van der Waals surface area contributed by atoms with Crippen molar-refractivity contribution in [2.45, 2.75) is 43.6 Å². The first-order chi connectivity index (χ1) is 20.5. The molecule has 5 nitrogen and oxygen atoms in total. The summed E-state index contributed by atoms with van der Waals surface area (Å²) in [6.45, 7) is 4.72. The van der Waals surface area contributed by atoms with Gasteiger partial charge in [-0.05, 0) is 53.3 Å². The van der Waals surface area contributed by atoms with Gasteiger partial charge in [0, 0.05) is 18.2 Å². The standard InChI is InChI=1S/C35H32F2N2O3/c1-2-16-41-32-15-9-14-26-20-31(34-30(38-35(40)42-34)19-23-17-27(36)21-28(37)18-23)39(22-29(26)32)33(24-10-5-3-6-11-24)25-12-7-4-8-13-25/h2-15,17-18,21,30-31,33-34H,1,16,19-20,22H2,(H,38,40)/t30-,31?,34-/m0/s1. The van der Waals surface area contributed by atoms with Crippen LogP contribution in [0.4, 0.5) is 13.6 Å². The second-order valence-electron chi connectivity index (χ2n) is 10.8. The Hall–Kier alpha value is -4.49. The van der Waals surface area contributed by atoms with Crippen LogP contribution >= 0.6 is 0 Å². The highest BCUT2D eigenvalue weighted by Gasteiger charge is 2.46. The molecule has 4 aromatic rings. The fourth-order valence-corrected chi connectivity index (χ4v) is 6.31. The number of carbonyl (C=O) groups is 1. The second-order valence-corrected chi connectivity index (χ2v) is 10.8. The van der Waals surface area contributed by atoms with E-state index in [1.165, 1.54) is 12.1 Å². The number of hydrogen-bond acceptors (Lipinski definition) is 4. The van der Waals surface area contributed by atoms with E-state index in [9.17, 15) is 13.6 Å². The van der Waals surface area contributed by atoms with Crippen molar-refractivity contribution in [1.29, 1.82) is 0 Å². The Morgan fingerprint density at radius 2 is 1.62 bits per heavy atom. The first-order valence-electron chi connectivity index (χ1n) is 14.1. The quantitative estimate of drug-likeness (QED) is 0.227. The lowest BCUT2D eigenvalue weighted by molar-refractivity contribution is 0.0182. The Kier molecular flexibility index (Phi) is 8.02. The van der Waals surface area contributed by atoms with Crippen LogP contribution in [-0.4, -0.2) is 35.8 Å². The van der Waals surface area contributed by atoms with Crippen LogP contribution in [0.15, 0.2) is 110 Å². The number of alkyl carbamates (subject to hydrolysis) is 1. The van der Waals surface area contributed by atoms with Crippen LogP contribution in [0.25, 0.3) is 0 Å². The van der Waals surface area contributed by atoms with E-state index in [0.29, 0.717) is 25.1 Å². The Morgan fingerprint density at radius 1 is 0.952 bits per heavy atom. The summed E-state index contributed by atoms with van der Waals surface area (Å²) in [6, 6.07) is 29.1. The molecule has 1 amide bonds. The number of rotatable bonds is 9. The highest BCUT2D eigenvalue weighted by atomic mass is 19.1. The number of benzene rings is 4. The molecule has 1 saturated heterocycles. The molecule has 0 bridgehead atoms. The number of nitrogens with one attached hydrogen (secondary N) is 1. The van der Waals surface area contributed by atoms with Gasteiger partial charge in [-0.2, -0.15) is 0 Å². The first kappa shape index (κ1) is 27.7. The minimum Gasteiger partial charge on any atom is -0.489 e. The summed E-state index contributed by atoms with van der Waals surface area (Å²) in [5.74, 6) is -0.510. The maximum Gasteiger partial charge on any atom is 0.407 e. The van der Waals surface area contributed by atoms with Crippen LogP contribution < -0.4 is 10.1 Å². The van der Waals surface area contributed by atoms with Gasteiger partial charge in [0.15, 0.2) is 0 Å². The molecule has 2 aliphatic heterocycles. The molecule has 0 aliphatic carbocycles. The highest BCUT2D eigenvalue weighted by Crippen LogP contribution is 2.41. The molecule has 1 unspecified atom stereocenters. The van der Waals surface area contributed by atoms with Gasteiger partial charge in [-0.25, -0.2) is 13.6 Å². The lowest BCUT2D eigenvalue weighted by Crippen LogP contribution is -2.54. The zero-order valence-corrected chi connectivity index (χ0v) is 23.1. The smallest absolute Gasteiger partial charge is 0.407 e. The SMILES string of the molecule is C=CCOc1cccc2c1CN(C(c1ccccc1)c1ccccc1)C([C@H]1OC(=O)N[C@H]1Cc1cc(F)cc(F)c1)C2. The lowest BCUT2D eigenvalue weighted by Gasteiger charge is -2.45. The molecule has 3 atom stereocenters. The third kappa shape index (κ3) is 5.78. The number of fused-ring (bicyclic) bond motifs is 1. The summed E-state index contributed by atoms with van der Waals surface area (Å²) in [4.78, 5) is 15.1. The predicted octanol–water partition coefficient (Wildman–Crippen LogP) is 6.77. The number of carbonyl (C=O) groups excluding carboxylic acids is 1. The van der Waals surface area contributed by atoms with Gasteiger partial charge in [-0.1, -0.05) is 85.5 Å². The monoisotopic (exact) mass is 566 g/mol. The number of ether oxygens (including phenoxy) is 2. The maximum absolute atomic E-state index is 14.1. The van der Waals surface area contributed by atoms with Crippen LogP contribution in [0.1, 0.15) is 33.9 Å². The van der Waals surface area contributed by atoms with E-state index in [1.807, 2.05) is 48.5 Å². The molecule has 0 spiro atoms. The van der Waals surface area contributed by atoms with E-state index < -0.39 is 29.9 Å². The maximum atomic E-state index is 14.1. The summed E-state index contributed by atoms with van der Waals surface area (Å²) in [5.41, 5.74) is 4.84. The number of nitrogens with zero attached hydrogens (tertiary/aromatic N) is 1. The molecule has 4 aromatic carbocycles. The topological polar surface area (TPSA) is 50.8 Å². The molecular formula is C35H32F2N2O3. The fourth-order valence-electron chi connectivity index (χ4n) is 6.31. The minimum absolute atomic E-state index is 0.162. The number of halogens is 2. The predicted molar refractivity (Wildman–Crippen MR) is 157 cm³/mol. The minimum atomic E-state index is -0.653. The van der Waals surface area contributed by atoms with Gasteiger partial charge in [0.1, 0.15) is 30.1 Å². The van der Waals surface area contributed by atoms with Crippen molar-refractivity contribution in [2.75, 3.05) is 6.61 Å². The molecule has 2 heterocycles. The van der Waals surface area contributed by atoms with Crippen LogP contribution in [-0.2, 0) is 24.1 Å². The Morgan fingerprint density at radius 3 is 2.26 bits per heavy atom. The third-order valence-electron chi connectivity index (χ3n) is 8.04. The largest absolute Gasteiger partial charge is 0.489 e. The van der Waals surface area contributed by atoms with Gasteiger partial charge >= 0.3 is 6.09 Å². The highest BCUT2D eigenvalue weighted by molar-refractivity contribution is 5.70. The van der Waals surface area contributed by atoms with Gasteiger partial charge in [-0.3, -0.25) is 4.90 Å². The zero-order chi connectivity index (χ0) is 29.1. The van der Waals surface area contributed by atoms with Crippen molar-refractivity contribution in [3.8, 4) is 5.75 Å². The van der Waals surface area contributed by atoms with Gasteiger partial charge in [0.25, 0.3) is 0 Å². The average molecular weight is 567 g/mol. The van der Waals surface area contributed by atoms with Crippen molar-refractivity contribution in [3.63, 3.8) is 0 Å². The Labute approximate surface area is 244 Å². The van der Waals surface area contributed by atoms with Crippen LogP contribution in [0.2, 0.25) is 0 Å². The normalized spacial score (nSPS) is 20.1. The molecule has 214 valence electrons. The molecule has 6 rings (SSSR count). The molecule has 7 heteroatoms. The fraction of sp³-hybridized carbons (Fsp3) is 0.229. The molecular weight excluding hydrogens is 534 g/mol. The van der Waals surface area contributed by atoms with Crippen LogP contribution in [0, 0.1) is 11.6 Å². The van der Waals surface area contributed by atoms with Crippen LogP contribution in [0.5, 0.6) is 5.75 Å². The van der Waals surface area contributed by atoms with E-state index in [2.05, 4.69) is 47.1 Å². The van der Waals surface area contributed by atoms with E-state index in [-0.39, 0.29) is 18.5 Å². The molecule has 2 aliphatic rings. The Bertz CT molecular complexity index is 1500. The molecule has 42 heavy (non-hydrogen) atoms. The summed E-state index contributed by atoms with van der Waals surface area (Å²) < 4.78 is 40.2. The summed E-state index contributed by atoms with van der Waals surface area (Å²) in [6.07, 6.45) is 1.43. The van der Waals surface area contributed by atoms with E-state index in [4.69, 9.17) is 9.47 Å². The zero-order valence-electron chi connectivity index (χ0n) is 23.1. The number of amides is 1. The van der Waals surface area contributed by atoms with Gasteiger partial charge in [0.2, 0.25) is 0 Å². The molecule has 0 aromatic heterocycles. The Balaban J connectivity index is 1.45. The van der Waals surface area contributed by atoms with Gasteiger partial charge in [0.05, 0.1) is 18.1 Å². The van der Waals surface area contributed by atoms with Crippen molar-refractivity contribution < 1.29 is 23.0 Å². The van der Waals surface area contributed by atoms with Gasteiger partial charge in [-0.15, -0.1) is 0 Å². The van der Waals surface area contributed by atoms with Crippen molar-refractivity contribution in [2.24, 2.45) is 0 Å². The molecule has 0 saturated carbocycles.